The number of allylic oxidation sites excluding steroid dienone is 8. The topological polar surface area (TPSA) is 433 Å². The average Bonchev–Trinajstić information content (AvgIpc) is 1.54. The number of fused-ring (bicyclic) bond motifs is 6. The maximum absolute atomic E-state index is 13.4. The van der Waals surface area contributed by atoms with Crippen molar-refractivity contribution in [2.24, 2.45) is 0 Å². The van der Waals surface area contributed by atoms with Crippen molar-refractivity contribution in [2.45, 2.75) is 95.6 Å². The number of aromatic nitrogens is 1. The summed E-state index contributed by atoms with van der Waals surface area (Å²) in [6.07, 6.45) is 7.72. The van der Waals surface area contributed by atoms with Crippen molar-refractivity contribution in [1.82, 2.24) is 4.73 Å². The second-order valence-electron chi connectivity index (χ2n) is 24.8. The van der Waals surface area contributed by atoms with Crippen LogP contribution in [-0.4, -0.2) is 235 Å². The molecule has 1 aromatic heterocycles. The van der Waals surface area contributed by atoms with E-state index in [-0.39, 0.29) is 143 Å². The SMILES string of the molecule is COCCOCCOCCOCCOCC[N+]1=C(C=CC2=C(Cl)C(=CC=C3N(CCCC(=O)On4c(O)ccc4O)c4ccc5c(S(=O)(=O)O)cc(S(=O)(=O)O)cc5c4C3(C)CCOCCOCCOCCOC)CCC2)C(C)(CCCS(=O)(=O)O)c2c1ccc1c(S(=O)(=O)O)cc(S(=O)(=O)O)cc21. The molecular weight excluding hydrogens is 1490 g/mol. The van der Waals surface area contributed by atoms with E-state index in [4.69, 9.17) is 59.1 Å². The van der Waals surface area contributed by atoms with Crippen molar-refractivity contribution < 1.29 is 132 Å². The van der Waals surface area contributed by atoms with E-state index in [2.05, 4.69) is 0 Å². The third kappa shape index (κ3) is 21.3. The highest BCUT2D eigenvalue weighted by molar-refractivity contribution is 7.87. The molecule has 4 aromatic carbocycles. The number of ether oxygens (including phenoxy) is 9. The summed E-state index contributed by atoms with van der Waals surface area (Å²) in [4.78, 5) is 17.0. The van der Waals surface area contributed by atoms with Crippen molar-refractivity contribution in [3.63, 3.8) is 0 Å². The zero-order valence-electron chi connectivity index (χ0n) is 57.6. The van der Waals surface area contributed by atoms with Crippen LogP contribution < -0.4 is 9.74 Å². The fourth-order valence-electron chi connectivity index (χ4n) is 12.9. The maximum Gasteiger partial charge on any atom is 0.333 e. The fourth-order valence-corrected chi connectivity index (χ4v) is 16.4. The maximum atomic E-state index is 13.4. The number of carbonyl (C=O) groups excluding carboxylic acids is 1. The van der Waals surface area contributed by atoms with Crippen LogP contribution >= 0.6 is 11.6 Å². The van der Waals surface area contributed by atoms with E-state index < -0.39 is 104 Å². The summed E-state index contributed by atoms with van der Waals surface area (Å²) in [7, 11) is -22.2. The van der Waals surface area contributed by atoms with Gasteiger partial charge in [0, 0.05) is 96.2 Å². The van der Waals surface area contributed by atoms with Crippen molar-refractivity contribution in [3.05, 3.63) is 118 Å². The second kappa shape index (κ2) is 36.5. The third-order valence-corrected chi connectivity index (χ3v) is 22.5. The predicted octanol–water partition coefficient (Wildman–Crippen LogP) is 7.27. The van der Waals surface area contributed by atoms with Gasteiger partial charge in [0.2, 0.25) is 17.4 Å². The molecular formula is C67H87ClN3O28S5+. The molecule has 0 saturated heterocycles. The van der Waals surface area contributed by atoms with E-state index in [9.17, 15) is 79.9 Å². The summed E-state index contributed by atoms with van der Waals surface area (Å²) >= 11 is 7.53. The van der Waals surface area contributed by atoms with Crippen LogP contribution in [0.5, 0.6) is 11.8 Å². The lowest BCUT2D eigenvalue weighted by Crippen LogP contribution is -2.33. The Balaban J connectivity index is 1.23. The lowest BCUT2D eigenvalue weighted by Gasteiger charge is -2.31. The Morgan fingerprint density at radius 2 is 1.04 bits per heavy atom. The quantitative estimate of drug-likeness (QED) is 0.0114. The number of aromatic hydroxyl groups is 2. The van der Waals surface area contributed by atoms with Crippen molar-refractivity contribution in [1.29, 1.82) is 0 Å². The second-order valence-corrected chi connectivity index (χ2v) is 32.4. The molecule has 3 heterocycles. The Morgan fingerprint density at radius 1 is 0.548 bits per heavy atom. The molecule has 37 heteroatoms. The molecule has 0 saturated carbocycles. The third-order valence-electron chi connectivity index (χ3n) is 17.7. The number of hydrogen-bond acceptors (Lipinski definition) is 24. The van der Waals surface area contributed by atoms with E-state index in [1.165, 1.54) is 12.1 Å². The fraction of sp³-hybridized carbons (Fsp3) is 0.493. The molecule has 104 heavy (non-hydrogen) atoms. The molecule has 2 atom stereocenters. The molecule has 0 spiro atoms. The van der Waals surface area contributed by atoms with Gasteiger partial charge in [0.25, 0.3) is 50.6 Å². The number of anilines is 1. The number of methoxy groups -OCH3 is 2. The lowest BCUT2D eigenvalue weighted by atomic mass is 9.74. The largest absolute Gasteiger partial charge is 0.492 e. The normalized spacial score (nSPS) is 18.4. The molecule has 1 aliphatic carbocycles. The molecule has 574 valence electrons. The first-order chi connectivity index (χ1) is 49.1. The zero-order chi connectivity index (χ0) is 75.8. The number of rotatable bonds is 43. The lowest BCUT2D eigenvalue weighted by molar-refractivity contribution is -0.442. The van der Waals surface area contributed by atoms with Gasteiger partial charge in [-0.3, -0.25) is 22.8 Å². The van der Waals surface area contributed by atoms with Gasteiger partial charge < -0.3 is 62.6 Å². The Morgan fingerprint density at radius 3 is 1.54 bits per heavy atom. The van der Waals surface area contributed by atoms with Gasteiger partial charge in [-0.1, -0.05) is 29.8 Å². The number of nitrogens with zero attached hydrogens (tertiary/aromatic N) is 3. The summed E-state index contributed by atoms with van der Waals surface area (Å²) in [6.45, 7) is 7.47. The Labute approximate surface area is 608 Å². The van der Waals surface area contributed by atoms with Gasteiger partial charge in [0.1, 0.15) is 16.4 Å². The van der Waals surface area contributed by atoms with Gasteiger partial charge in [-0.05, 0) is 129 Å². The van der Waals surface area contributed by atoms with Crippen LogP contribution in [0.25, 0.3) is 21.5 Å². The predicted molar refractivity (Wildman–Crippen MR) is 379 cm³/mol. The number of benzene rings is 4. The molecule has 0 bridgehead atoms. The van der Waals surface area contributed by atoms with Gasteiger partial charge >= 0.3 is 5.97 Å². The Kier molecular flexibility index (Phi) is 29.2. The van der Waals surface area contributed by atoms with E-state index in [0.717, 1.165) is 24.3 Å². The summed E-state index contributed by atoms with van der Waals surface area (Å²) in [5, 5.41) is 20.4. The van der Waals surface area contributed by atoms with E-state index in [0.29, 0.717) is 115 Å². The molecule has 0 amide bonds. The van der Waals surface area contributed by atoms with Crippen LogP contribution in [0.1, 0.15) is 76.3 Å². The standard InChI is InChI=1S/C67H86ClN3O28S5/c1-66(21-7-41-100(75,76)77)58(70(24-26-93-32-34-97-39-40-98-38-36-95-30-28-91-4)55-16-14-50-52(63(55)66)42-48(101(78,79)80)44-56(50)103(84,85)86)17-11-46-8-5-9-47(65(46)68)12-18-59-67(2,22-25-92-31-33-96-37-35-94-29-27-90-3)64-53-43-49(102(81,82)83)45-57(104(87,88)89)51(53)13-15-54(64)69(59)23-6-10-62(74)99-71-60(72)19-20-61(71)73/h11-20,42-45H,5-10,21-41H2,1-4H3,(H6-,72,73,75,76,77,78,79,80,81,82,83,84,85,86,87,88,89)/p+1. The van der Waals surface area contributed by atoms with E-state index in [1.54, 1.807) is 64.5 Å². The van der Waals surface area contributed by atoms with Crippen LogP contribution in [0.2, 0.25) is 0 Å². The van der Waals surface area contributed by atoms with Crippen LogP contribution in [0.4, 0.5) is 11.4 Å². The monoisotopic (exact) mass is 1580 g/mol. The van der Waals surface area contributed by atoms with Crippen molar-refractivity contribution >= 4 is 107 Å². The van der Waals surface area contributed by atoms with Gasteiger partial charge in [-0.15, -0.1) is 4.73 Å². The molecule has 3 aliphatic rings. The minimum Gasteiger partial charge on any atom is -0.492 e. The first-order valence-corrected chi connectivity index (χ1v) is 40.7. The minimum atomic E-state index is -5.20. The molecule has 0 radical (unpaired) electrons. The minimum absolute atomic E-state index is 0.00261. The van der Waals surface area contributed by atoms with Crippen LogP contribution in [0, 0.1) is 0 Å². The summed E-state index contributed by atoms with van der Waals surface area (Å²) in [5.74, 6) is -2.73. The first-order valence-electron chi connectivity index (χ1n) is 33.0. The Hall–Kier alpha value is -6.34. The highest BCUT2D eigenvalue weighted by Gasteiger charge is 2.50. The average molecular weight is 1580 g/mol. The van der Waals surface area contributed by atoms with E-state index >= 15 is 0 Å². The highest BCUT2D eigenvalue weighted by Crippen LogP contribution is 2.55. The van der Waals surface area contributed by atoms with Gasteiger partial charge in [-0.25, -0.2) is 4.79 Å². The number of carbonyl (C=O) groups is 1. The zero-order valence-corrected chi connectivity index (χ0v) is 62.5. The summed E-state index contributed by atoms with van der Waals surface area (Å²) in [6, 6.07) is 11.4. The Bertz CT molecular complexity index is 4670. The van der Waals surface area contributed by atoms with Crippen molar-refractivity contribution in [2.75, 3.05) is 144 Å². The van der Waals surface area contributed by atoms with E-state index in [1.807, 2.05) is 9.48 Å². The van der Waals surface area contributed by atoms with Gasteiger partial charge in [0.05, 0.1) is 113 Å². The molecule has 2 unspecified atom stereocenters. The highest BCUT2D eigenvalue weighted by atomic mass is 35.5. The first kappa shape index (κ1) is 83.3. The summed E-state index contributed by atoms with van der Waals surface area (Å²) < 4.78 is 234. The smallest absolute Gasteiger partial charge is 0.333 e. The van der Waals surface area contributed by atoms with Crippen LogP contribution in [0.3, 0.4) is 0 Å². The summed E-state index contributed by atoms with van der Waals surface area (Å²) in [5.41, 5.74) is 0.669. The van der Waals surface area contributed by atoms with Gasteiger partial charge in [-0.2, -0.15) is 46.7 Å². The number of halogens is 1. The van der Waals surface area contributed by atoms with Crippen LogP contribution in [0.15, 0.2) is 126 Å². The molecule has 8 rings (SSSR count). The molecule has 0 fully saturated rings. The van der Waals surface area contributed by atoms with Crippen molar-refractivity contribution in [3.8, 4) is 11.8 Å². The van der Waals surface area contributed by atoms with Crippen LogP contribution in [-0.2, 0) is 109 Å². The molecule has 2 aliphatic heterocycles. The molecule has 31 nitrogen and oxygen atoms in total. The number of hydrogen-bond donors (Lipinski definition) is 7. The molecule has 5 aromatic rings. The van der Waals surface area contributed by atoms with Gasteiger partial charge in [0.15, 0.2) is 12.3 Å². The molecule has 7 N–H and O–H groups in total.